The fraction of sp³-hybridized carbons (Fsp3) is 0.667. The molecule has 162 valence electrons. The summed E-state index contributed by atoms with van der Waals surface area (Å²) in [5.41, 5.74) is 0.710. The van der Waals surface area contributed by atoms with Crippen molar-refractivity contribution < 1.29 is 19.1 Å². The number of benzene rings is 1. The first-order chi connectivity index (χ1) is 14.4. The predicted octanol–water partition coefficient (Wildman–Crippen LogP) is 3.39. The van der Waals surface area contributed by atoms with E-state index in [1.807, 2.05) is 32.0 Å². The van der Waals surface area contributed by atoms with Crippen molar-refractivity contribution in [2.24, 2.45) is 29.1 Å². The highest BCUT2D eigenvalue weighted by atomic mass is 16.7. The zero-order chi connectivity index (χ0) is 20.9. The number of nitrogens with one attached hydrogen (secondary N) is 2. The maximum atomic E-state index is 13.4. The highest BCUT2D eigenvalue weighted by Crippen LogP contribution is 2.60. The maximum absolute atomic E-state index is 13.4. The molecule has 4 saturated carbocycles. The van der Waals surface area contributed by atoms with Crippen LogP contribution in [0.25, 0.3) is 0 Å². The third-order valence-electron chi connectivity index (χ3n) is 7.66. The Morgan fingerprint density at radius 3 is 2.30 bits per heavy atom. The molecule has 0 radical (unpaired) electrons. The third-order valence-corrected chi connectivity index (χ3v) is 7.66. The summed E-state index contributed by atoms with van der Waals surface area (Å²) in [7, 11) is 0. The Balaban J connectivity index is 1.23. The van der Waals surface area contributed by atoms with Crippen molar-refractivity contribution in [3.8, 4) is 11.5 Å². The lowest BCUT2D eigenvalue weighted by Crippen LogP contribution is -2.58. The molecule has 2 N–H and O–H groups in total. The van der Waals surface area contributed by atoms with E-state index in [0.717, 1.165) is 30.6 Å². The van der Waals surface area contributed by atoms with E-state index in [2.05, 4.69) is 10.6 Å². The predicted molar refractivity (Wildman–Crippen MR) is 112 cm³/mol. The van der Waals surface area contributed by atoms with E-state index in [1.165, 1.54) is 19.3 Å². The molecule has 4 aliphatic carbocycles. The van der Waals surface area contributed by atoms with Crippen LogP contribution in [0, 0.1) is 29.1 Å². The van der Waals surface area contributed by atoms with Gasteiger partial charge in [0.25, 0.3) is 0 Å². The average Bonchev–Trinajstić information content (AvgIpc) is 3.16. The van der Waals surface area contributed by atoms with Gasteiger partial charge in [0.1, 0.15) is 6.04 Å². The highest BCUT2D eigenvalue weighted by molar-refractivity contribution is 5.90. The van der Waals surface area contributed by atoms with Crippen molar-refractivity contribution in [3.05, 3.63) is 23.8 Å². The van der Waals surface area contributed by atoms with Crippen LogP contribution in [0.2, 0.25) is 0 Å². The molecule has 1 heterocycles. The number of carbonyl (C=O) groups is 2. The van der Waals surface area contributed by atoms with E-state index < -0.39 is 6.04 Å². The van der Waals surface area contributed by atoms with Gasteiger partial charge in [-0.05, 0) is 79.9 Å². The normalized spacial score (nSPS) is 31.6. The summed E-state index contributed by atoms with van der Waals surface area (Å²) in [6.45, 7) is 4.61. The fourth-order valence-corrected chi connectivity index (χ4v) is 6.57. The summed E-state index contributed by atoms with van der Waals surface area (Å²) in [5, 5.41) is 6.16. The zero-order valence-corrected chi connectivity index (χ0v) is 17.9. The lowest BCUT2D eigenvalue weighted by Gasteiger charge is -2.55. The van der Waals surface area contributed by atoms with E-state index in [1.54, 1.807) is 0 Å². The maximum Gasteiger partial charge on any atom is 0.243 e. The van der Waals surface area contributed by atoms with Crippen LogP contribution in [-0.4, -0.2) is 24.6 Å². The first kappa shape index (κ1) is 19.7. The van der Waals surface area contributed by atoms with Gasteiger partial charge in [-0.25, -0.2) is 0 Å². The standard InChI is InChI=1S/C24H32N2O4/c1-14(2)21(22(27)25-12-15-3-4-19-20(8-15)30-13-29-19)26-23(28)24-9-16-5-17(10-24)7-18(6-16)11-24/h3-4,8,14,16-18,21H,5-7,9-13H2,1-2H3,(H,25,27)(H,26,28). The Labute approximate surface area is 178 Å². The molecule has 6 heteroatoms. The van der Waals surface area contributed by atoms with Gasteiger partial charge in [-0.2, -0.15) is 0 Å². The van der Waals surface area contributed by atoms with Crippen molar-refractivity contribution in [1.29, 1.82) is 0 Å². The van der Waals surface area contributed by atoms with Crippen LogP contribution in [0.3, 0.4) is 0 Å². The molecule has 1 aromatic carbocycles. The number of rotatable bonds is 6. The molecule has 1 unspecified atom stereocenters. The Bertz CT molecular complexity index is 814. The molecule has 0 aromatic heterocycles. The molecule has 4 fully saturated rings. The molecular formula is C24H32N2O4. The van der Waals surface area contributed by atoms with Gasteiger partial charge in [-0.15, -0.1) is 0 Å². The molecule has 6 rings (SSSR count). The van der Waals surface area contributed by atoms with Crippen molar-refractivity contribution >= 4 is 11.8 Å². The zero-order valence-electron chi connectivity index (χ0n) is 17.9. The molecule has 30 heavy (non-hydrogen) atoms. The first-order valence-corrected chi connectivity index (χ1v) is 11.4. The molecule has 0 saturated heterocycles. The van der Waals surface area contributed by atoms with Gasteiger partial charge < -0.3 is 20.1 Å². The summed E-state index contributed by atoms with van der Waals surface area (Å²) in [5.74, 6) is 3.57. The van der Waals surface area contributed by atoms with Gasteiger partial charge in [0.15, 0.2) is 11.5 Å². The van der Waals surface area contributed by atoms with E-state index in [0.29, 0.717) is 30.0 Å². The van der Waals surface area contributed by atoms with E-state index in [4.69, 9.17) is 9.47 Å². The molecule has 1 atom stereocenters. The Hall–Kier alpha value is -2.24. The Kier molecular flexibility index (Phi) is 4.91. The Morgan fingerprint density at radius 2 is 1.67 bits per heavy atom. The lowest BCUT2D eigenvalue weighted by atomic mass is 9.49. The van der Waals surface area contributed by atoms with Gasteiger partial charge in [-0.1, -0.05) is 19.9 Å². The van der Waals surface area contributed by atoms with Crippen LogP contribution in [0.5, 0.6) is 11.5 Å². The van der Waals surface area contributed by atoms with Crippen LogP contribution in [0.15, 0.2) is 18.2 Å². The van der Waals surface area contributed by atoms with Crippen LogP contribution in [0.4, 0.5) is 0 Å². The number of hydrogen-bond acceptors (Lipinski definition) is 4. The third kappa shape index (κ3) is 3.54. The Morgan fingerprint density at radius 1 is 1.03 bits per heavy atom. The van der Waals surface area contributed by atoms with E-state index >= 15 is 0 Å². The van der Waals surface area contributed by atoms with Crippen LogP contribution in [-0.2, 0) is 16.1 Å². The van der Waals surface area contributed by atoms with Gasteiger partial charge in [0.2, 0.25) is 18.6 Å². The molecule has 0 spiro atoms. The minimum absolute atomic E-state index is 0.0274. The summed E-state index contributed by atoms with van der Waals surface area (Å²) in [4.78, 5) is 26.4. The van der Waals surface area contributed by atoms with Gasteiger partial charge in [0.05, 0.1) is 0 Å². The van der Waals surface area contributed by atoms with Crippen molar-refractivity contribution in [1.82, 2.24) is 10.6 Å². The topological polar surface area (TPSA) is 76.7 Å². The van der Waals surface area contributed by atoms with Crippen molar-refractivity contribution in [2.75, 3.05) is 6.79 Å². The van der Waals surface area contributed by atoms with Gasteiger partial charge >= 0.3 is 0 Å². The molecule has 1 aromatic rings. The van der Waals surface area contributed by atoms with Crippen LogP contribution >= 0.6 is 0 Å². The van der Waals surface area contributed by atoms with E-state index in [-0.39, 0.29) is 29.9 Å². The molecule has 4 bridgehead atoms. The number of fused-ring (bicyclic) bond motifs is 1. The minimum Gasteiger partial charge on any atom is -0.454 e. The minimum atomic E-state index is -0.514. The fourth-order valence-electron chi connectivity index (χ4n) is 6.57. The monoisotopic (exact) mass is 412 g/mol. The van der Waals surface area contributed by atoms with Gasteiger partial charge in [-0.3, -0.25) is 9.59 Å². The summed E-state index contributed by atoms with van der Waals surface area (Å²) in [6.07, 6.45) is 6.93. The summed E-state index contributed by atoms with van der Waals surface area (Å²) in [6, 6.07) is 5.16. The smallest absolute Gasteiger partial charge is 0.243 e. The molecular weight excluding hydrogens is 380 g/mol. The molecule has 1 aliphatic heterocycles. The summed E-state index contributed by atoms with van der Waals surface area (Å²) < 4.78 is 10.7. The quantitative estimate of drug-likeness (QED) is 0.751. The summed E-state index contributed by atoms with van der Waals surface area (Å²) >= 11 is 0. The first-order valence-electron chi connectivity index (χ1n) is 11.4. The van der Waals surface area contributed by atoms with Crippen LogP contribution < -0.4 is 20.1 Å². The highest BCUT2D eigenvalue weighted by Gasteiger charge is 2.55. The number of amides is 2. The molecule has 5 aliphatic rings. The number of carbonyl (C=O) groups excluding carboxylic acids is 2. The molecule has 2 amide bonds. The van der Waals surface area contributed by atoms with Crippen LogP contribution in [0.1, 0.15) is 57.9 Å². The second kappa shape index (κ2) is 7.47. The van der Waals surface area contributed by atoms with Crippen molar-refractivity contribution in [3.63, 3.8) is 0 Å². The lowest BCUT2D eigenvalue weighted by molar-refractivity contribution is -0.149. The largest absolute Gasteiger partial charge is 0.454 e. The van der Waals surface area contributed by atoms with E-state index in [9.17, 15) is 9.59 Å². The molecule has 6 nitrogen and oxygen atoms in total. The second-order valence-electron chi connectivity index (χ2n) is 10.3. The SMILES string of the molecule is CC(C)C(NC(=O)C12CC3CC(CC(C3)C1)C2)C(=O)NCc1ccc2c(c1)OCO2. The average molecular weight is 413 g/mol. The second-order valence-corrected chi connectivity index (χ2v) is 10.3. The number of ether oxygens (including phenoxy) is 2. The van der Waals surface area contributed by atoms with Gasteiger partial charge in [0, 0.05) is 12.0 Å². The van der Waals surface area contributed by atoms with Crippen molar-refractivity contribution in [2.45, 2.75) is 65.0 Å². The number of hydrogen-bond donors (Lipinski definition) is 2.